The first-order valence-corrected chi connectivity index (χ1v) is 9.29. The third-order valence-corrected chi connectivity index (χ3v) is 4.93. The molecule has 0 aliphatic heterocycles. The normalized spacial score (nSPS) is 12.3. The Kier molecular flexibility index (Phi) is 4.52. The Balaban J connectivity index is 1.92. The second-order valence-electron chi connectivity index (χ2n) is 6.78. The summed E-state index contributed by atoms with van der Waals surface area (Å²) in [5, 5.41) is 2.59. The molecule has 0 atom stereocenters. The maximum Gasteiger partial charge on any atom is 0.0541 e. The van der Waals surface area contributed by atoms with Gasteiger partial charge in [0.05, 0.1) is 11.0 Å². The van der Waals surface area contributed by atoms with Gasteiger partial charge in [0.2, 0.25) is 0 Å². The monoisotopic (exact) mass is 349 g/mol. The van der Waals surface area contributed by atoms with Crippen LogP contribution in [0.1, 0.15) is 18.1 Å². The predicted molar refractivity (Wildman–Crippen MR) is 119 cm³/mol. The van der Waals surface area contributed by atoms with Crippen LogP contribution in [0.15, 0.2) is 97.6 Å². The fraction of sp³-hybridized carbons (Fsp3) is 0.0769. The van der Waals surface area contributed by atoms with Crippen molar-refractivity contribution in [3.63, 3.8) is 0 Å². The predicted octanol–water partition coefficient (Wildman–Crippen LogP) is 7.24. The van der Waals surface area contributed by atoms with Crippen molar-refractivity contribution in [3.8, 4) is 5.69 Å². The molecule has 4 aromatic rings. The molecule has 0 unspecified atom stereocenters. The van der Waals surface area contributed by atoms with Crippen molar-refractivity contribution in [1.82, 2.24) is 4.57 Å². The molecule has 0 amide bonds. The van der Waals surface area contributed by atoms with E-state index in [1.54, 1.807) is 0 Å². The van der Waals surface area contributed by atoms with E-state index < -0.39 is 0 Å². The van der Waals surface area contributed by atoms with Gasteiger partial charge in [0.25, 0.3) is 0 Å². The van der Waals surface area contributed by atoms with Crippen LogP contribution in [0.25, 0.3) is 33.1 Å². The molecule has 27 heavy (non-hydrogen) atoms. The van der Waals surface area contributed by atoms with Crippen molar-refractivity contribution in [3.05, 3.63) is 109 Å². The lowest BCUT2D eigenvalue weighted by Gasteiger charge is -2.10. The number of hydrogen-bond donors (Lipinski definition) is 0. The zero-order valence-corrected chi connectivity index (χ0v) is 15.8. The van der Waals surface area contributed by atoms with Gasteiger partial charge in [-0.1, -0.05) is 72.8 Å². The van der Waals surface area contributed by atoms with Gasteiger partial charge in [-0.15, -0.1) is 0 Å². The molecule has 1 nitrogen and oxygen atoms in total. The van der Waals surface area contributed by atoms with Crippen molar-refractivity contribution in [1.29, 1.82) is 0 Å². The molecule has 0 radical (unpaired) electrons. The summed E-state index contributed by atoms with van der Waals surface area (Å²) in [5.41, 5.74) is 7.29. The average molecular weight is 349 g/mol. The molecule has 0 saturated carbocycles. The molecule has 3 aromatic carbocycles. The Bertz CT molecular complexity index is 1180. The summed E-state index contributed by atoms with van der Waals surface area (Å²) < 4.78 is 2.35. The molecule has 0 spiro atoms. The minimum atomic E-state index is 1.16. The Morgan fingerprint density at radius 1 is 0.889 bits per heavy atom. The van der Waals surface area contributed by atoms with E-state index in [2.05, 4.69) is 97.0 Å². The minimum absolute atomic E-state index is 1.16. The topological polar surface area (TPSA) is 4.93 Å². The van der Waals surface area contributed by atoms with E-state index in [0.717, 1.165) is 5.57 Å². The van der Waals surface area contributed by atoms with Crippen LogP contribution in [0.4, 0.5) is 0 Å². The Morgan fingerprint density at radius 2 is 1.63 bits per heavy atom. The van der Waals surface area contributed by atoms with Crippen molar-refractivity contribution in [2.75, 3.05) is 0 Å². The number of nitrogens with zero attached hydrogens (tertiary/aromatic N) is 1. The Labute approximate surface area is 160 Å². The van der Waals surface area contributed by atoms with E-state index in [1.165, 1.54) is 38.6 Å². The lowest BCUT2D eigenvalue weighted by Crippen LogP contribution is -1.94. The zero-order chi connectivity index (χ0) is 18.8. The van der Waals surface area contributed by atoms with Crippen molar-refractivity contribution in [2.45, 2.75) is 13.8 Å². The highest BCUT2D eigenvalue weighted by atomic mass is 15.0. The molecule has 1 heteroatoms. The van der Waals surface area contributed by atoms with E-state index in [1.807, 2.05) is 19.1 Å². The third-order valence-electron chi connectivity index (χ3n) is 4.93. The molecular formula is C26H23N. The molecule has 0 aliphatic rings. The van der Waals surface area contributed by atoms with Crippen LogP contribution in [0.3, 0.4) is 0 Å². The number of fused-ring (bicyclic) bond motifs is 3. The number of aryl methyl sites for hydroxylation is 1. The van der Waals surface area contributed by atoms with Crippen molar-refractivity contribution >= 4 is 27.4 Å². The number of para-hydroxylation sites is 1. The first-order chi connectivity index (χ1) is 13.2. The van der Waals surface area contributed by atoms with Gasteiger partial charge in [0, 0.05) is 16.5 Å². The number of hydrogen-bond acceptors (Lipinski definition) is 0. The number of rotatable bonds is 4. The smallest absolute Gasteiger partial charge is 0.0541 e. The van der Waals surface area contributed by atoms with Crippen LogP contribution in [0.5, 0.6) is 0 Å². The molecule has 1 heterocycles. The molecule has 1 aromatic heterocycles. The van der Waals surface area contributed by atoms with Gasteiger partial charge in [-0.05, 0) is 55.3 Å². The van der Waals surface area contributed by atoms with Crippen molar-refractivity contribution in [2.24, 2.45) is 0 Å². The number of allylic oxidation sites excluding steroid dienone is 5. The largest absolute Gasteiger partial charge is 0.309 e. The second kappa shape index (κ2) is 7.13. The lowest BCUT2D eigenvalue weighted by molar-refractivity contribution is 1.18. The van der Waals surface area contributed by atoms with Crippen LogP contribution in [-0.2, 0) is 0 Å². The van der Waals surface area contributed by atoms with Gasteiger partial charge in [0.1, 0.15) is 0 Å². The SMILES string of the molecule is C=C/C=C(\C=C/C)c1ccc(-n2c3ccccc3c3cc(C)ccc32)cc1. The summed E-state index contributed by atoms with van der Waals surface area (Å²) in [6, 6.07) is 24.1. The lowest BCUT2D eigenvalue weighted by atomic mass is 10.0. The zero-order valence-electron chi connectivity index (χ0n) is 15.8. The van der Waals surface area contributed by atoms with Crippen LogP contribution < -0.4 is 0 Å². The molecule has 0 fully saturated rings. The fourth-order valence-corrected chi connectivity index (χ4v) is 3.72. The van der Waals surface area contributed by atoms with Gasteiger partial charge in [-0.2, -0.15) is 0 Å². The first-order valence-electron chi connectivity index (χ1n) is 9.29. The maximum atomic E-state index is 3.83. The van der Waals surface area contributed by atoms with Gasteiger partial charge in [-0.3, -0.25) is 0 Å². The minimum Gasteiger partial charge on any atom is -0.309 e. The third kappa shape index (κ3) is 3.02. The van der Waals surface area contributed by atoms with E-state index in [9.17, 15) is 0 Å². The molecule has 4 rings (SSSR count). The second-order valence-corrected chi connectivity index (χ2v) is 6.78. The highest BCUT2D eigenvalue weighted by molar-refractivity contribution is 6.09. The number of benzene rings is 3. The number of aromatic nitrogens is 1. The van der Waals surface area contributed by atoms with E-state index >= 15 is 0 Å². The molecule has 0 bridgehead atoms. The summed E-state index contributed by atoms with van der Waals surface area (Å²) in [5.74, 6) is 0. The van der Waals surface area contributed by atoms with Crippen LogP contribution in [0.2, 0.25) is 0 Å². The van der Waals surface area contributed by atoms with Gasteiger partial charge in [0.15, 0.2) is 0 Å². The fourth-order valence-electron chi connectivity index (χ4n) is 3.72. The molecule has 0 N–H and O–H groups in total. The molecule has 0 saturated heterocycles. The summed E-state index contributed by atoms with van der Waals surface area (Å²) in [4.78, 5) is 0. The molecule has 132 valence electrons. The van der Waals surface area contributed by atoms with Crippen LogP contribution in [0, 0.1) is 6.92 Å². The van der Waals surface area contributed by atoms with Gasteiger partial charge >= 0.3 is 0 Å². The average Bonchev–Trinajstić information content (AvgIpc) is 3.02. The summed E-state index contributed by atoms with van der Waals surface area (Å²) >= 11 is 0. The summed E-state index contributed by atoms with van der Waals surface area (Å²) in [6.07, 6.45) is 8.04. The van der Waals surface area contributed by atoms with Gasteiger partial charge < -0.3 is 4.57 Å². The molecular weight excluding hydrogens is 326 g/mol. The highest BCUT2D eigenvalue weighted by Crippen LogP contribution is 2.32. The highest BCUT2D eigenvalue weighted by Gasteiger charge is 2.12. The quantitative estimate of drug-likeness (QED) is 0.342. The van der Waals surface area contributed by atoms with E-state index in [4.69, 9.17) is 0 Å². The van der Waals surface area contributed by atoms with Crippen molar-refractivity contribution < 1.29 is 0 Å². The molecule has 0 aliphatic carbocycles. The standard InChI is InChI=1S/C26H23N/c1-4-8-20(9-5-2)21-13-15-22(16-14-21)27-25-11-7-6-10-23(25)24-18-19(3)12-17-26(24)27/h4-18H,1H2,2-3H3/b9-5-,20-8+. The van der Waals surface area contributed by atoms with E-state index in [-0.39, 0.29) is 0 Å². The van der Waals surface area contributed by atoms with Crippen LogP contribution >= 0.6 is 0 Å². The Hall–Kier alpha value is -3.32. The Morgan fingerprint density at radius 3 is 2.37 bits per heavy atom. The van der Waals surface area contributed by atoms with Crippen LogP contribution in [-0.4, -0.2) is 4.57 Å². The maximum absolute atomic E-state index is 3.83. The van der Waals surface area contributed by atoms with E-state index in [0.29, 0.717) is 0 Å². The summed E-state index contributed by atoms with van der Waals surface area (Å²) in [6.45, 7) is 8.01. The van der Waals surface area contributed by atoms with Gasteiger partial charge in [-0.25, -0.2) is 0 Å². The summed E-state index contributed by atoms with van der Waals surface area (Å²) in [7, 11) is 0. The first kappa shape index (κ1) is 17.1.